The first-order chi connectivity index (χ1) is 14.7. The second-order valence-electron chi connectivity index (χ2n) is 7.42. The maximum absolute atomic E-state index is 12.6. The van der Waals surface area contributed by atoms with Crippen molar-refractivity contribution in [3.8, 4) is 0 Å². The number of aromatic amines is 1. The van der Waals surface area contributed by atoms with E-state index in [9.17, 15) is 4.79 Å². The summed E-state index contributed by atoms with van der Waals surface area (Å²) in [5, 5.41) is 4.40. The van der Waals surface area contributed by atoms with Gasteiger partial charge in [-0.25, -0.2) is 4.98 Å². The van der Waals surface area contributed by atoms with E-state index in [-0.39, 0.29) is 17.2 Å². The molecule has 3 aromatic carbocycles. The number of H-pyrrole nitrogens is 1. The maximum atomic E-state index is 12.6. The molecule has 5 aromatic rings. The molecule has 2 heterocycles. The molecule has 0 saturated heterocycles. The summed E-state index contributed by atoms with van der Waals surface area (Å²) >= 11 is 0. The molecule has 0 aliphatic carbocycles. The van der Waals surface area contributed by atoms with Crippen molar-refractivity contribution in [1.82, 2.24) is 15.3 Å². The number of nitrogens with zero attached hydrogens (tertiary/aromatic N) is 1. The van der Waals surface area contributed by atoms with E-state index in [1.807, 2.05) is 42.5 Å². The van der Waals surface area contributed by atoms with E-state index in [4.69, 9.17) is 4.42 Å². The standard InChI is InChI=1S/C25H21N3O2/c1-16-11-13-18(14-12-16)22(17-7-3-2-4-8-17)26-15-21-27-23-19-9-5-6-10-20(19)30-24(23)25(29)28-21/h2-14,22,26H,15H2,1H3,(H,27,28,29)/t22-/m0/s1. The van der Waals surface area contributed by atoms with Gasteiger partial charge in [0.05, 0.1) is 12.6 Å². The summed E-state index contributed by atoms with van der Waals surface area (Å²) in [6.07, 6.45) is 0. The molecule has 30 heavy (non-hydrogen) atoms. The van der Waals surface area contributed by atoms with Crippen molar-refractivity contribution in [3.05, 3.63) is 112 Å². The molecule has 0 spiro atoms. The molecule has 0 amide bonds. The summed E-state index contributed by atoms with van der Waals surface area (Å²) in [6.45, 7) is 2.49. The Morgan fingerprint density at radius 2 is 1.63 bits per heavy atom. The summed E-state index contributed by atoms with van der Waals surface area (Å²) in [4.78, 5) is 20.1. The first-order valence-corrected chi connectivity index (χ1v) is 9.94. The molecule has 2 N–H and O–H groups in total. The van der Waals surface area contributed by atoms with Gasteiger partial charge in [-0.2, -0.15) is 0 Å². The van der Waals surface area contributed by atoms with Crippen molar-refractivity contribution in [2.45, 2.75) is 19.5 Å². The summed E-state index contributed by atoms with van der Waals surface area (Å²) in [5.74, 6) is 0.576. The zero-order valence-electron chi connectivity index (χ0n) is 16.6. The van der Waals surface area contributed by atoms with Crippen molar-refractivity contribution in [1.29, 1.82) is 0 Å². The highest BCUT2D eigenvalue weighted by Gasteiger charge is 2.16. The van der Waals surface area contributed by atoms with Crippen LogP contribution in [0, 0.1) is 6.92 Å². The zero-order valence-corrected chi connectivity index (χ0v) is 16.6. The molecule has 5 heteroatoms. The molecule has 0 aliphatic rings. The third-order valence-corrected chi connectivity index (χ3v) is 5.30. The average molecular weight is 395 g/mol. The number of rotatable bonds is 5. The number of aryl methyl sites for hydroxylation is 1. The van der Waals surface area contributed by atoms with Gasteiger partial charge in [0.25, 0.3) is 5.56 Å². The SMILES string of the molecule is Cc1ccc([C@@H](NCc2nc3c(oc4ccccc43)c(=O)[nH]2)c2ccccc2)cc1. The molecule has 0 bridgehead atoms. The van der Waals surface area contributed by atoms with Crippen LogP contribution >= 0.6 is 0 Å². The maximum Gasteiger partial charge on any atom is 0.294 e. The van der Waals surface area contributed by atoms with Gasteiger partial charge < -0.3 is 9.40 Å². The van der Waals surface area contributed by atoms with Crippen molar-refractivity contribution in [2.75, 3.05) is 0 Å². The van der Waals surface area contributed by atoms with Crippen molar-refractivity contribution in [3.63, 3.8) is 0 Å². The largest absolute Gasteiger partial charge is 0.449 e. The third-order valence-electron chi connectivity index (χ3n) is 5.30. The fourth-order valence-electron chi connectivity index (χ4n) is 3.76. The van der Waals surface area contributed by atoms with Gasteiger partial charge in [-0.05, 0) is 30.2 Å². The van der Waals surface area contributed by atoms with E-state index in [0.29, 0.717) is 23.5 Å². The lowest BCUT2D eigenvalue weighted by molar-refractivity contribution is 0.585. The lowest BCUT2D eigenvalue weighted by Gasteiger charge is -2.20. The van der Waals surface area contributed by atoms with E-state index in [2.05, 4.69) is 58.6 Å². The quantitative estimate of drug-likeness (QED) is 0.446. The molecule has 0 saturated carbocycles. The van der Waals surface area contributed by atoms with Crippen molar-refractivity contribution >= 4 is 22.1 Å². The van der Waals surface area contributed by atoms with Crippen LogP contribution in [0.4, 0.5) is 0 Å². The fraction of sp³-hybridized carbons (Fsp3) is 0.120. The van der Waals surface area contributed by atoms with Gasteiger partial charge in [0.2, 0.25) is 5.58 Å². The van der Waals surface area contributed by atoms with Gasteiger partial charge in [-0.15, -0.1) is 0 Å². The van der Waals surface area contributed by atoms with E-state index in [1.165, 1.54) is 5.56 Å². The van der Waals surface area contributed by atoms with Crippen LogP contribution in [0.2, 0.25) is 0 Å². The highest BCUT2D eigenvalue weighted by molar-refractivity contribution is 6.01. The Morgan fingerprint density at radius 1 is 0.933 bits per heavy atom. The topological polar surface area (TPSA) is 70.9 Å². The Bertz CT molecular complexity index is 1370. The van der Waals surface area contributed by atoms with E-state index < -0.39 is 0 Å². The van der Waals surface area contributed by atoms with Gasteiger partial charge in [-0.3, -0.25) is 10.1 Å². The first kappa shape index (κ1) is 18.3. The highest BCUT2D eigenvalue weighted by atomic mass is 16.3. The van der Waals surface area contributed by atoms with E-state index in [1.54, 1.807) is 0 Å². The van der Waals surface area contributed by atoms with Crippen LogP contribution in [0.15, 0.2) is 88.1 Å². The third kappa shape index (κ3) is 3.40. The first-order valence-electron chi connectivity index (χ1n) is 9.94. The van der Waals surface area contributed by atoms with Gasteiger partial charge in [0.1, 0.15) is 16.9 Å². The van der Waals surface area contributed by atoms with Crippen LogP contribution < -0.4 is 10.9 Å². The van der Waals surface area contributed by atoms with Crippen molar-refractivity contribution < 1.29 is 4.42 Å². The lowest BCUT2D eigenvalue weighted by Crippen LogP contribution is -2.24. The monoisotopic (exact) mass is 395 g/mol. The molecule has 5 nitrogen and oxygen atoms in total. The van der Waals surface area contributed by atoms with Crippen LogP contribution in [-0.2, 0) is 6.54 Å². The molecule has 148 valence electrons. The van der Waals surface area contributed by atoms with Gasteiger partial charge in [0, 0.05) is 5.39 Å². The summed E-state index contributed by atoms with van der Waals surface area (Å²) in [7, 11) is 0. The number of nitrogens with one attached hydrogen (secondary N) is 2. The number of aromatic nitrogens is 2. The molecule has 2 aromatic heterocycles. The second kappa shape index (κ2) is 7.61. The number of para-hydroxylation sites is 1. The summed E-state index contributed by atoms with van der Waals surface area (Å²) in [6, 6.07) is 26.3. The van der Waals surface area contributed by atoms with Gasteiger partial charge in [0.15, 0.2) is 0 Å². The summed E-state index contributed by atoms with van der Waals surface area (Å²) < 4.78 is 5.69. The van der Waals surface area contributed by atoms with Gasteiger partial charge in [-0.1, -0.05) is 72.3 Å². The Balaban J connectivity index is 1.50. The Kier molecular flexibility index (Phi) is 4.65. The van der Waals surface area contributed by atoms with Crippen LogP contribution in [0.25, 0.3) is 22.1 Å². The Labute approximate surface area is 173 Å². The fourth-order valence-corrected chi connectivity index (χ4v) is 3.76. The molecule has 0 unspecified atom stereocenters. The molecular formula is C25H21N3O2. The van der Waals surface area contributed by atoms with Crippen LogP contribution in [0.5, 0.6) is 0 Å². The number of benzene rings is 3. The molecule has 0 fully saturated rings. The minimum absolute atomic E-state index is 0.0195. The van der Waals surface area contributed by atoms with Crippen molar-refractivity contribution in [2.24, 2.45) is 0 Å². The predicted octanol–water partition coefficient (Wildman–Crippen LogP) is 4.86. The van der Waals surface area contributed by atoms with E-state index in [0.717, 1.165) is 16.5 Å². The number of hydrogen-bond acceptors (Lipinski definition) is 4. The molecular weight excluding hydrogens is 374 g/mol. The number of hydrogen-bond donors (Lipinski definition) is 2. The Hall–Kier alpha value is -3.70. The molecule has 0 aliphatic heterocycles. The molecule has 0 radical (unpaired) electrons. The molecule has 1 atom stereocenters. The van der Waals surface area contributed by atoms with Crippen LogP contribution in [0.1, 0.15) is 28.6 Å². The molecule has 5 rings (SSSR count). The number of fused-ring (bicyclic) bond motifs is 3. The lowest BCUT2D eigenvalue weighted by atomic mass is 9.98. The zero-order chi connectivity index (χ0) is 20.5. The minimum Gasteiger partial charge on any atom is -0.449 e. The van der Waals surface area contributed by atoms with Crippen LogP contribution in [-0.4, -0.2) is 9.97 Å². The summed E-state index contributed by atoms with van der Waals surface area (Å²) in [5.41, 5.74) is 4.78. The predicted molar refractivity (Wildman–Crippen MR) is 118 cm³/mol. The minimum atomic E-state index is -0.264. The average Bonchev–Trinajstić information content (AvgIpc) is 3.15. The Morgan fingerprint density at radius 3 is 2.43 bits per heavy atom. The van der Waals surface area contributed by atoms with Crippen LogP contribution in [0.3, 0.4) is 0 Å². The highest BCUT2D eigenvalue weighted by Crippen LogP contribution is 2.25. The van der Waals surface area contributed by atoms with Gasteiger partial charge >= 0.3 is 0 Å². The smallest absolute Gasteiger partial charge is 0.294 e. The number of furan rings is 1. The normalized spacial score (nSPS) is 12.4. The van der Waals surface area contributed by atoms with E-state index >= 15 is 0 Å². The second-order valence-corrected chi connectivity index (χ2v) is 7.42.